The molecule has 3 nitrogen and oxygen atoms in total. The van der Waals surface area contributed by atoms with Gasteiger partial charge in [0, 0.05) is 12.6 Å². The van der Waals surface area contributed by atoms with Crippen LogP contribution in [0, 0.1) is 0 Å². The number of hydrogen-bond acceptors (Lipinski definition) is 3. The monoisotopic (exact) mass is 391 g/mol. The Hall–Kier alpha value is -1.52. The molecule has 0 aliphatic heterocycles. The van der Waals surface area contributed by atoms with Crippen LogP contribution < -0.4 is 14.8 Å². The Balaban J connectivity index is 2.09. The maximum Gasteiger partial charge on any atom is 0.175 e. The number of halogens is 1. The molecule has 0 radical (unpaired) electrons. The molecule has 4 heteroatoms. The Morgan fingerprint density at radius 2 is 1.83 bits per heavy atom. The molecule has 1 N–H and O–H groups in total. The van der Waals surface area contributed by atoms with Crippen molar-refractivity contribution in [3.8, 4) is 11.5 Å². The summed E-state index contributed by atoms with van der Waals surface area (Å²) >= 11 is 3.62. The molecule has 2 aromatic carbocycles. The average Bonchev–Trinajstić information content (AvgIpc) is 2.60. The van der Waals surface area contributed by atoms with Gasteiger partial charge >= 0.3 is 0 Å². The first kappa shape index (κ1) is 18.8. The van der Waals surface area contributed by atoms with Gasteiger partial charge in [-0.2, -0.15) is 0 Å². The van der Waals surface area contributed by atoms with E-state index in [0.29, 0.717) is 13.2 Å². The Morgan fingerprint density at radius 1 is 1.08 bits per heavy atom. The summed E-state index contributed by atoms with van der Waals surface area (Å²) in [5, 5.41) is 3.56. The van der Waals surface area contributed by atoms with Gasteiger partial charge < -0.3 is 14.8 Å². The predicted molar refractivity (Wildman–Crippen MR) is 103 cm³/mol. The lowest BCUT2D eigenvalue weighted by Gasteiger charge is -2.17. The summed E-state index contributed by atoms with van der Waals surface area (Å²) in [7, 11) is 0. The second-order valence-corrected chi connectivity index (χ2v) is 6.55. The van der Waals surface area contributed by atoms with Crippen molar-refractivity contribution in [1.82, 2.24) is 5.32 Å². The topological polar surface area (TPSA) is 30.5 Å². The number of ether oxygens (including phenoxy) is 2. The molecule has 2 aromatic rings. The minimum atomic E-state index is 0.288. The number of rotatable bonds is 9. The van der Waals surface area contributed by atoms with Crippen LogP contribution in [0.15, 0.2) is 46.9 Å². The van der Waals surface area contributed by atoms with Crippen LogP contribution >= 0.6 is 15.9 Å². The molecule has 0 aromatic heterocycles. The molecule has 0 aliphatic carbocycles. The molecule has 0 bridgehead atoms. The zero-order valence-electron chi connectivity index (χ0n) is 14.6. The smallest absolute Gasteiger partial charge is 0.175 e. The largest absolute Gasteiger partial charge is 0.490 e. The maximum atomic E-state index is 5.83. The molecule has 0 heterocycles. The highest BCUT2D eigenvalue weighted by Gasteiger charge is 2.13. The first-order valence-corrected chi connectivity index (χ1v) is 9.31. The highest BCUT2D eigenvalue weighted by Crippen LogP contribution is 2.37. The van der Waals surface area contributed by atoms with E-state index < -0.39 is 0 Å². The summed E-state index contributed by atoms with van der Waals surface area (Å²) < 4.78 is 12.5. The Kier molecular flexibility index (Phi) is 7.60. The summed E-state index contributed by atoms with van der Waals surface area (Å²) in [4.78, 5) is 0. The molecule has 0 saturated carbocycles. The molecule has 0 aliphatic rings. The fourth-order valence-electron chi connectivity index (χ4n) is 2.46. The van der Waals surface area contributed by atoms with Gasteiger partial charge in [-0.3, -0.25) is 0 Å². The van der Waals surface area contributed by atoms with E-state index in [2.05, 4.69) is 71.5 Å². The van der Waals surface area contributed by atoms with E-state index in [-0.39, 0.29) is 6.04 Å². The van der Waals surface area contributed by atoms with E-state index in [0.717, 1.165) is 34.5 Å². The van der Waals surface area contributed by atoms with Gasteiger partial charge in [0.2, 0.25) is 0 Å². The quantitative estimate of drug-likeness (QED) is 0.612. The van der Waals surface area contributed by atoms with Crippen LogP contribution in [0.1, 0.15) is 44.4 Å². The Labute approximate surface area is 153 Å². The van der Waals surface area contributed by atoms with Crippen LogP contribution in [0.2, 0.25) is 0 Å². The molecular formula is C20H26BrNO2. The maximum absolute atomic E-state index is 5.83. The van der Waals surface area contributed by atoms with Crippen molar-refractivity contribution < 1.29 is 9.47 Å². The number of nitrogens with one attached hydrogen (secondary N) is 1. The van der Waals surface area contributed by atoms with E-state index in [1.54, 1.807) is 0 Å². The van der Waals surface area contributed by atoms with Crippen molar-refractivity contribution in [2.24, 2.45) is 0 Å². The molecular weight excluding hydrogens is 366 g/mol. The number of benzene rings is 2. The van der Waals surface area contributed by atoms with Crippen LogP contribution in [0.4, 0.5) is 0 Å². The zero-order chi connectivity index (χ0) is 17.4. The molecule has 24 heavy (non-hydrogen) atoms. The van der Waals surface area contributed by atoms with Crippen LogP contribution in [-0.2, 0) is 6.54 Å². The van der Waals surface area contributed by atoms with Gasteiger partial charge in [0.05, 0.1) is 17.7 Å². The third-order valence-electron chi connectivity index (χ3n) is 3.73. The first-order chi connectivity index (χ1) is 11.7. The summed E-state index contributed by atoms with van der Waals surface area (Å²) in [6.07, 6.45) is 0.968. The molecule has 0 amide bonds. The molecule has 1 atom stereocenters. The van der Waals surface area contributed by atoms with Gasteiger partial charge in [0.25, 0.3) is 0 Å². The fourth-order valence-corrected chi connectivity index (χ4v) is 3.06. The van der Waals surface area contributed by atoms with Gasteiger partial charge in [-0.05, 0) is 59.5 Å². The summed E-state index contributed by atoms with van der Waals surface area (Å²) in [5.41, 5.74) is 2.45. The van der Waals surface area contributed by atoms with Crippen molar-refractivity contribution in [2.75, 3.05) is 13.2 Å². The van der Waals surface area contributed by atoms with E-state index in [1.807, 2.05) is 13.0 Å². The van der Waals surface area contributed by atoms with Crippen molar-refractivity contribution in [3.63, 3.8) is 0 Å². The highest BCUT2D eigenvalue weighted by atomic mass is 79.9. The third-order valence-corrected chi connectivity index (χ3v) is 4.32. The molecule has 0 saturated heterocycles. The minimum Gasteiger partial charge on any atom is -0.490 e. The van der Waals surface area contributed by atoms with Crippen molar-refractivity contribution in [1.29, 1.82) is 0 Å². The summed E-state index contributed by atoms with van der Waals surface area (Å²) in [6, 6.07) is 14.9. The minimum absolute atomic E-state index is 0.288. The Morgan fingerprint density at radius 3 is 2.50 bits per heavy atom. The molecule has 0 fully saturated rings. The zero-order valence-corrected chi connectivity index (χ0v) is 16.2. The van der Waals surface area contributed by atoms with Gasteiger partial charge in [-0.1, -0.05) is 37.3 Å². The van der Waals surface area contributed by atoms with Crippen LogP contribution in [0.5, 0.6) is 11.5 Å². The second kappa shape index (κ2) is 9.70. The number of hydrogen-bond donors (Lipinski definition) is 1. The van der Waals surface area contributed by atoms with Crippen LogP contribution in [0.3, 0.4) is 0 Å². The molecule has 2 rings (SSSR count). The van der Waals surface area contributed by atoms with Crippen molar-refractivity contribution in [3.05, 3.63) is 58.1 Å². The molecule has 130 valence electrons. The van der Waals surface area contributed by atoms with Gasteiger partial charge in [0.1, 0.15) is 0 Å². The normalized spacial score (nSPS) is 12.0. The highest BCUT2D eigenvalue weighted by molar-refractivity contribution is 9.10. The Bertz CT molecular complexity index is 631. The third kappa shape index (κ3) is 5.25. The van der Waals surface area contributed by atoms with Gasteiger partial charge in [-0.15, -0.1) is 0 Å². The van der Waals surface area contributed by atoms with Crippen molar-refractivity contribution in [2.45, 2.75) is 39.8 Å². The van der Waals surface area contributed by atoms with Crippen LogP contribution in [0.25, 0.3) is 0 Å². The lowest BCUT2D eigenvalue weighted by atomic mass is 10.1. The predicted octanol–water partition coefficient (Wildman–Crippen LogP) is 5.49. The van der Waals surface area contributed by atoms with Crippen LogP contribution in [-0.4, -0.2) is 13.2 Å². The molecule has 0 spiro atoms. The first-order valence-electron chi connectivity index (χ1n) is 8.52. The van der Waals surface area contributed by atoms with Crippen molar-refractivity contribution >= 4 is 15.9 Å². The summed E-state index contributed by atoms with van der Waals surface area (Å²) in [5.74, 6) is 1.59. The van der Waals surface area contributed by atoms with E-state index in [1.165, 1.54) is 5.56 Å². The SMILES string of the molecule is CCCOc1c(Br)cc(CN[C@H](C)c2ccccc2)cc1OCC. The lowest BCUT2D eigenvalue weighted by molar-refractivity contribution is 0.275. The van der Waals surface area contributed by atoms with Gasteiger partial charge in [-0.25, -0.2) is 0 Å². The summed E-state index contributed by atoms with van der Waals surface area (Å²) in [6.45, 7) is 8.32. The standard InChI is InChI=1S/C20H26BrNO2/c1-4-11-24-20-18(21)12-16(13-19(20)23-5-2)14-22-15(3)17-9-7-6-8-10-17/h6-10,12-13,15,22H,4-5,11,14H2,1-3H3/t15-/m1/s1. The second-order valence-electron chi connectivity index (χ2n) is 5.70. The van der Waals surface area contributed by atoms with E-state index >= 15 is 0 Å². The fraction of sp³-hybridized carbons (Fsp3) is 0.400. The average molecular weight is 392 g/mol. The lowest BCUT2D eigenvalue weighted by Crippen LogP contribution is -2.18. The molecule has 0 unspecified atom stereocenters. The van der Waals surface area contributed by atoms with E-state index in [9.17, 15) is 0 Å². The van der Waals surface area contributed by atoms with Gasteiger partial charge in [0.15, 0.2) is 11.5 Å². The van der Waals surface area contributed by atoms with E-state index in [4.69, 9.17) is 9.47 Å².